The lowest BCUT2D eigenvalue weighted by Crippen LogP contribution is -2.52. The van der Waals surface area contributed by atoms with Crippen molar-refractivity contribution in [2.75, 3.05) is 13.7 Å². The number of carbonyl (C=O) groups excluding carboxylic acids is 3. The van der Waals surface area contributed by atoms with E-state index in [0.717, 1.165) is 5.56 Å². The third kappa shape index (κ3) is 3.28. The molecule has 11 heteroatoms. The number of benzene rings is 1. The van der Waals surface area contributed by atoms with E-state index in [1.54, 1.807) is 42.9 Å². The zero-order valence-electron chi connectivity index (χ0n) is 18.4. The predicted octanol–water partition coefficient (Wildman–Crippen LogP) is 1.98. The molecule has 0 unspecified atom stereocenters. The number of rotatable bonds is 5. The summed E-state index contributed by atoms with van der Waals surface area (Å²) >= 11 is 0. The Morgan fingerprint density at radius 1 is 1.11 bits per heavy atom. The highest BCUT2D eigenvalue weighted by atomic mass is 16.5. The first-order chi connectivity index (χ1) is 17.0. The van der Waals surface area contributed by atoms with Gasteiger partial charge in [0.15, 0.2) is 5.54 Å². The third-order valence-electron chi connectivity index (χ3n) is 6.24. The van der Waals surface area contributed by atoms with E-state index in [9.17, 15) is 14.4 Å². The average molecular weight is 470 g/mol. The molecule has 1 fully saturated rings. The lowest BCUT2D eigenvalue weighted by molar-refractivity contribution is -0.125. The molecular weight excluding hydrogens is 452 g/mol. The first-order valence-electron chi connectivity index (χ1n) is 10.7. The molecule has 2 aliphatic rings. The van der Waals surface area contributed by atoms with Gasteiger partial charge in [-0.2, -0.15) is 0 Å². The second-order valence-electron chi connectivity index (χ2n) is 8.34. The first kappa shape index (κ1) is 20.8. The molecule has 0 saturated carbocycles. The second-order valence-corrected chi connectivity index (χ2v) is 8.34. The number of nitrogens with one attached hydrogen (secondary N) is 2. The SMILES string of the molecule is COc1ccc2c(c1)C(=O)N(C[C@@]1(c3cc4cnc(-c5cncnc5)cc4o3)NC(=O)NC1=O)C2. The van der Waals surface area contributed by atoms with Crippen LogP contribution in [0, 0.1) is 0 Å². The van der Waals surface area contributed by atoms with Crippen molar-refractivity contribution in [3.05, 3.63) is 72.1 Å². The van der Waals surface area contributed by atoms with Gasteiger partial charge < -0.3 is 19.4 Å². The number of imide groups is 1. The van der Waals surface area contributed by atoms with E-state index in [1.165, 1.54) is 18.3 Å². The molecule has 1 atom stereocenters. The molecule has 174 valence electrons. The Hall–Kier alpha value is -4.80. The molecule has 2 N–H and O–H groups in total. The van der Waals surface area contributed by atoms with Crippen LogP contribution in [0.1, 0.15) is 21.7 Å². The van der Waals surface area contributed by atoms with E-state index in [2.05, 4.69) is 25.6 Å². The van der Waals surface area contributed by atoms with Gasteiger partial charge in [-0.25, -0.2) is 14.8 Å². The van der Waals surface area contributed by atoms with Crippen LogP contribution in [0.25, 0.3) is 22.2 Å². The number of hydrogen-bond acceptors (Lipinski definition) is 8. The second kappa shape index (κ2) is 7.62. The van der Waals surface area contributed by atoms with Crippen molar-refractivity contribution < 1.29 is 23.5 Å². The summed E-state index contributed by atoms with van der Waals surface area (Å²) in [6.45, 7) is 0.163. The van der Waals surface area contributed by atoms with Crippen molar-refractivity contribution in [3.63, 3.8) is 0 Å². The number of hydrogen-bond donors (Lipinski definition) is 2. The lowest BCUT2D eigenvalue weighted by atomic mass is 9.95. The van der Waals surface area contributed by atoms with Gasteiger partial charge in [0.25, 0.3) is 11.8 Å². The van der Waals surface area contributed by atoms with Crippen LogP contribution in [0.5, 0.6) is 5.75 Å². The van der Waals surface area contributed by atoms with Gasteiger partial charge in [-0.05, 0) is 23.8 Å². The standard InChI is InChI=1S/C24H18N6O5/c1-34-16-3-2-13-10-30(21(31)17(13)5-16)11-24(22(32)28-23(33)29-24)20-4-14-9-27-18(6-19(14)35-20)15-7-25-12-26-8-15/h2-9,12H,10-11H2,1H3,(H2,28,29,32,33)/t24-/m0/s1. The lowest BCUT2D eigenvalue weighted by Gasteiger charge is -2.29. The van der Waals surface area contributed by atoms with Gasteiger partial charge in [0, 0.05) is 47.7 Å². The summed E-state index contributed by atoms with van der Waals surface area (Å²) in [7, 11) is 1.53. The van der Waals surface area contributed by atoms with Crippen LogP contribution in [-0.2, 0) is 16.9 Å². The van der Waals surface area contributed by atoms with E-state index in [-0.39, 0.29) is 24.8 Å². The molecule has 0 bridgehead atoms. The maximum Gasteiger partial charge on any atom is 0.322 e. The van der Waals surface area contributed by atoms with E-state index in [1.807, 2.05) is 6.07 Å². The number of amides is 4. The molecule has 0 radical (unpaired) electrons. The summed E-state index contributed by atoms with van der Waals surface area (Å²) in [4.78, 5) is 52.4. The normalized spacial score (nSPS) is 19.1. The summed E-state index contributed by atoms with van der Waals surface area (Å²) in [6, 6.07) is 7.95. The monoisotopic (exact) mass is 470 g/mol. The minimum atomic E-state index is -1.60. The highest BCUT2D eigenvalue weighted by molar-refractivity contribution is 6.08. The Morgan fingerprint density at radius 2 is 1.94 bits per heavy atom. The Bertz CT molecular complexity index is 1520. The summed E-state index contributed by atoms with van der Waals surface area (Å²) in [5.74, 6) is -0.116. The molecular formula is C24H18N6O5. The molecule has 0 aliphatic carbocycles. The number of fused-ring (bicyclic) bond motifs is 2. The zero-order valence-corrected chi connectivity index (χ0v) is 18.4. The van der Waals surface area contributed by atoms with Crippen LogP contribution in [0.4, 0.5) is 4.79 Å². The number of carbonyl (C=O) groups is 3. The van der Waals surface area contributed by atoms with Gasteiger partial charge in [-0.15, -0.1) is 0 Å². The number of aromatic nitrogens is 3. The average Bonchev–Trinajstić information content (AvgIpc) is 3.53. The summed E-state index contributed by atoms with van der Waals surface area (Å²) < 4.78 is 11.3. The fourth-order valence-electron chi connectivity index (χ4n) is 4.47. The van der Waals surface area contributed by atoms with Crippen molar-refractivity contribution in [2.45, 2.75) is 12.1 Å². The van der Waals surface area contributed by atoms with Crippen LogP contribution in [0.3, 0.4) is 0 Å². The number of methoxy groups -OCH3 is 1. The van der Waals surface area contributed by atoms with Crippen LogP contribution in [-0.4, -0.2) is 51.4 Å². The number of ether oxygens (including phenoxy) is 1. The van der Waals surface area contributed by atoms with Crippen molar-refractivity contribution >= 4 is 28.8 Å². The molecule has 2 aliphatic heterocycles. The highest BCUT2D eigenvalue weighted by Gasteiger charge is 2.53. The third-order valence-corrected chi connectivity index (χ3v) is 6.24. The topological polar surface area (TPSA) is 140 Å². The van der Waals surface area contributed by atoms with Crippen molar-refractivity contribution in [2.24, 2.45) is 0 Å². The molecule has 6 rings (SSSR count). The fourth-order valence-corrected chi connectivity index (χ4v) is 4.47. The van der Waals surface area contributed by atoms with Gasteiger partial charge in [0.05, 0.1) is 19.3 Å². The Balaban J connectivity index is 1.38. The summed E-state index contributed by atoms with van der Waals surface area (Å²) in [6.07, 6.45) is 6.29. The fraction of sp³-hybridized carbons (Fsp3) is 0.167. The number of nitrogens with zero attached hydrogens (tertiary/aromatic N) is 4. The molecule has 35 heavy (non-hydrogen) atoms. The smallest absolute Gasteiger partial charge is 0.322 e. The number of furan rings is 1. The Kier molecular flexibility index (Phi) is 4.53. The van der Waals surface area contributed by atoms with E-state index >= 15 is 0 Å². The van der Waals surface area contributed by atoms with Crippen molar-refractivity contribution in [3.8, 4) is 17.0 Å². The van der Waals surface area contributed by atoms with Gasteiger partial charge >= 0.3 is 6.03 Å². The Morgan fingerprint density at radius 3 is 2.69 bits per heavy atom. The first-order valence-corrected chi connectivity index (χ1v) is 10.7. The van der Waals surface area contributed by atoms with Crippen LogP contribution < -0.4 is 15.4 Å². The molecule has 5 heterocycles. The molecule has 3 aromatic heterocycles. The highest BCUT2D eigenvalue weighted by Crippen LogP contribution is 2.35. The largest absolute Gasteiger partial charge is 0.497 e. The molecule has 1 aromatic carbocycles. The van der Waals surface area contributed by atoms with E-state index < -0.39 is 17.5 Å². The summed E-state index contributed by atoms with van der Waals surface area (Å²) in [5.41, 5.74) is 1.44. The van der Waals surface area contributed by atoms with Gasteiger partial charge in [-0.1, -0.05) is 6.07 Å². The predicted molar refractivity (Wildman–Crippen MR) is 121 cm³/mol. The number of urea groups is 1. The van der Waals surface area contributed by atoms with E-state index in [4.69, 9.17) is 9.15 Å². The minimum Gasteiger partial charge on any atom is -0.497 e. The van der Waals surface area contributed by atoms with E-state index in [0.29, 0.717) is 33.5 Å². The van der Waals surface area contributed by atoms with Crippen molar-refractivity contribution in [1.29, 1.82) is 0 Å². The van der Waals surface area contributed by atoms with Gasteiger partial charge in [0.1, 0.15) is 23.4 Å². The maximum absolute atomic E-state index is 13.2. The molecule has 4 amide bonds. The molecule has 11 nitrogen and oxygen atoms in total. The van der Waals surface area contributed by atoms with Crippen LogP contribution in [0.2, 0.25) is 0 Å². The molecule has 1 saturated heterocycles. The van der Waals surface area contributed by atoms with Gasteiger partial charge in [0.2, 0.25) is 0 Å². The summed E-state index contributed by atoms with van der Waals surface area (Å²) in [5, 5.41) is 5.60. The molecule has 4 aromatic rings. The molecule has 0 spiro atoms. The zero-order chi connectivity index (χ0) is 24.2. The number of pyridine rings is 1. The van der Waals surface area contributed by atoms with Crippen LogP contribution >= 0.6 is 0 Å². The van der Waals surface area contributed by atoms with Crippen LogP contribution in [0.15, 0.2) is 59.7 Å². The quantitative estimate of drug-likeness (QED) is 0.422. The van der Waals surface area contributed by atoms with Gasteiger partial charge in [-0.3, -0.25) is 19.9 Å². The Labute approximate surface area is 198 Å². The minimum absolute atomic E-state index is 0.118. The van der Waals surface area contributed by atoms with Crippen molar-refractivity contribution in [1.82, 2.24) is 30.5 Å². The maximum atomic E-state index is 13.2.